The van der Waals surface area contributed by atoms with Gasteiger partial charge in [-0.3, -0.25) is 14.6 Å². The Balaban J connectivity index is 2.10. The van der Waals surface area contributed by atoms with Gasteiger partial charge < -0.3 is 15.1 Å². The highest BCUT2D eigenvalue weighted by Gasteiger charge is 2.18. The summed E-state index contributed by atoms with van der Waals surface area (Å²) in [6.07, 6.45) is 2.36. The molecule has 1 aromatic heterocycles. The highest BCUT2D eigenvalue weighted by Crippen LogP contribution is 2.18. The lowest BCUT2D eigenvalue weighted by Gasteiger charge is -2.21. The molecule has 2 amide bonds. The van der Waals surface area contributed by atoms with Crippen LogP contribution >= 0.6 is 0 Å². The molecule has 0 radical (unpaired) electrons. The molecule has 27 heavy (non-hydrogen) atoms. The Labute approximate surface area is 161 Å². The molecule has 6 heteroatoms. The van der Waals surface area contributed by atoms with E-state index in [4.69, 9.17) is 0 Å². The number of anilines is 1. The van der Waals surface area contributed by atoms with Crippen LogP contribution in [-0.4, -0.2) is 55.4 Å². The van der Waals surface area contributed by atoms with Crippen LogP contribution in [0.2, 0.25) is 0 Å². The van der Waals surface area contributed by atoms with Gasteiger partial charge in [-0.25, -0.2) is 0 Å². The van der Waals surface area contributed by atoms with Gasteiger partial charge >= 0.3 is 0 Å². The van der Waals surface area contributed by atoms with Crippen molar-refractivity contribution >= 4 is 17.5 Å². The number of carbonyl (C=O) groups is 2. The Morgan fingerprint density at radius 3 is 2.59 bits per heavy atom. The van der Waals surface area contributed by atoms with Crippen LogP contribution in [0, 0.1) is 6.92 Å². The van der Waals surface area contributed by atoms with Gasteiger partial charge in [-0.15, -0.1) is 0 Å². The first-order valence-corrected chi connectivity index (χ1v) is 9.20. The van der Waals surface area contributed by atoms with E-state index in [2.05, 4.69) is 15.2 Å². The molecule has 1 N–H and O–H groups in total. The fraction of sp³-hybridized carbons (Fsp3) is 0.381. The van der Waals surface area contributed by atoms with Crippen molar-refractivity contribution < 1.29 is 9.59 Å². The second-order valence-corrected chi connectivity index (χ2v) is 6.73. The fourth-order valence-corrected chi connectivity index (χ4v) is 2.77. The van der Waals surface area contributed by atoms with E-state index in [-0.39, 0.29) is 17.5 Å². The molecule has 0 fully saturated rings. The maximum Gasteiger partial charge on any atom is 0.269 e. The van der Waals surface area contributed by atoms with E-state index >= 15 is 0 Å². The van der Waals surface area contributed by atoms with E-state index in [1.807, 2.05) is 52.2 Å². The predicted octanol–water partition coefficient (Wildman–Crippen LogP) is 2.74. The summed E-state index contributed by atoms with van der Waals surface area (Å²) in [4.78, 5) is 33.1. The number of amides is 2. The molecule has 2 aromatic rings. The van der Waals surface area contributed by atoms with Crippen molar-refractivity contribution in [3.05, 3.63) is 59.4 Å². The maximum atomic E-state index is 13.0. The van der Waals surface area contributed by atoms with Gasteiger partial charge in [0.25, 0.3) is 11.8 Å². The second kappa shape index (κ2) is 9.83. The van der Waals surface area contributed by atoms with Crippen LogP contribution in [0.4, 0.5) is 5.69 Å². The van der Waals surface area contributed by atoms with Crippen molar-refractivity contribution in [3.8, 4) is 0 Å². The monoisotopic (exact) mass is 368 g/mol. The topological polar surface area (TPSA) is 65.5 Å². The SMILES string of the molecule is CCN(C(=O)c1ccnc(C(=O)NCCCN(C)C)c1)c1cccc(C)c1. The van der Waals surface area contributed by atoms with Crippen LogP contribution in [0.25, 0.3) is 0 Å². The average Bonchev–Trinajstić information content (AvgIpc) is 2.65. The van der Waals surface area contributed by atoms with E-state index < -0.39 is 0 Å². The molecule has 144 valence electrons. The lowest BCUT2D eigenvalue weighted by Crippen LogP contribution is -2.31. The summed E-state index contributed by atoms with van der Waals surface area (Å²) in [6.45, 7) is 5.93. The first kappa shape index (κ1) is 20.6. The molecule has 0 unspecified atom stereocenters. The maximum absolute atomic E-state index is 13.0. The third-order valence-corrected chi connectivity index (χ3v) is 4.18. The number of carbonyl (C=O) groups excluding carboxylic acids is 2. The van der Waals surface area contributed by atoms with E-state index in [9.17, 15) is 9.59 Å². The largest absolute Gasteiger partial charge is 0.351 e. The Hall–Kier alpha value is -2.73. The summed E-state index contributed by atoms with van der Waals surface area (Å²) in [5.74, 6) is -0.408. The molecule has 0 saturated heterocycles. The number of aryl methyl sites for hydroxylation is 1. The van der Waals surface area contributed by atoms with Gasteiger partial charge in [-0.1, -0.05) is 12.1 Å². The van der Waals surface area contributed by atoms with Gasteiger partial charge in [-0.2, -0.15) is 0 Å². The molecule has 1 heterocycles. The number of benzene rings is 1. The van der Waals surface area contributed by atoms with Crippen LogP contribution in [0.3, 0.4) is 0 Å². The van der Waals surface area contributed by atoms with Crippen LogP contribution in [0.1, 0.15) is 39.8 Å². The van der Waals surface area contributed by atoms with Crippen molar-refractivity contribution in [2.24, 2.45) is 0 Å². The summed E-state index contributed by atoms with van der Waals surface area (Å²) >= 11 is 0. The Morgan fingerprint density at radius 2 is 1.93 bits per heavy atom. The summed E-state index contributed by atoms with van der Waals surface area (Å²) in [7, 11) is 3.98. The molecule has 0 aliphatic heterocycles. The van der Waals surface area contributed by atoms with E-state index in [0.717, 1.165) is 24.2 Å². The lowest BCUT2D eigenvalue weighted by molar-refractivity contribution is 0.0947. The van der Waals surface area contributed by atoms with Crippen molar-refractivity contribution in [3.63, 3.8) is 0 Å². The van der Waals surface area contributed by atoms with Crippen LogP contribution in [-0.2, 0) is 0 Å². The van der Waals surface area contributed by atoms with Gasteiger partial charge in [0.05, 0.1) is 0 Å². The molecule has 1 aromatic carbocycles. The number of rotatable bonds is 8. The van der Waals surface area contributed by atoms with Crippen molar-refractivity contribution in [1.29, 1.82) is 0 Å². The van der Waals surface area contributed by atoms with Gasteiger partial charge in [0.2, 0.25) is 0 Å². The van der Waals surface area contributed by atoms with Crippen LogP contribution in [0.5, 0.6) is 0 Å². The fourth-order valence-electron chi connectivity index (χ4n) is 2.77. The first-order chi connectivity index (χ1) is 12.9. The normalized spacial score (nSPS) is 10.7. The Bertz CT molecular complexity index is 789. The highest BCUT2D eigenvalue weighted by molar-refractivity contribution is 6.07. The van der Waals surface area contributed by atoms with Gasteiger partial charge in [0, 0.05) is 30.5 Å². The summed E-state index contributed by atoms with van der Waals surface area (Å²) in [5, 5.41) is 2.85. The molecule has 0 aliphatic carbocycles. The van der Waals surface area contributed by atoms with Crippen molar-refractivity contribution in [2.45, 2.75) is 20.3 Å². The Kier molecular flexibility index (Phi) is 7.49. The molecule has 0 atom stereocenters. The van der Waals surface area contributed by atoms with Crippen LogP contribution < -0.4 is 10.2 Å². The first-order valence-electron chi connectivity index (χ1n) is 9.20. The molecule has 0 spiro atoms. The zero-order chi connectivity index (χ0) is 19.8. The summed E-state index contributed by atoms with van der Waals surface area (Å²) in [5.41, 5.74) is 2.64. The molecule has 6 nitrogen and oxygen atoms in total. The molecule has 2 rings (SSSR count). The highest BCUT2D eigenvalue weighted by atomic mass is 16.2. The number of pyridine rings is 1. The van der Waals surface area contributed by atoms with Gasteiger partial charge in [0.1, 0.15) is 5.69 Å². The summed E-state index contributed by atoms with van der Waals surface area (Å²) < 4.78 is 0. The van der Waals surface area contributed by atoms with E-state index in [1.165, 1.54) is 6.20 Å². The minimum absolute atomic E-state index is 0.146. The predicted molar refractivity (Wildman–Crippen MR) is 108 cm³/mol. The number of nitrogens with zero attached hydrogens (tertiary/aromatic N) is 3. The van der Waals surface area contributed by atoms with Gasteiger partial charge in [-0.05, 0) is 70.7 Å². The second-order valence-electron chi connectivity index (χ2n) is 6.73. The Morgan fingerprint density at radius 1 is 1.15 bits per heavy atom. The summed E-state index contributed by atoms with van der Waals surface area (Å²) in [6, 6.07) is 11.0. The number of hydrogen-bond donors (Lipinski definition) is 1. The third kappa shape index (κ3) is 5.89. The minimum atomic E-state index is -0.262. The van der Waals surface area contributed by atoms with Crippen molar-refractivity contribution in [2.75, 3.05) is 38.6 Å². The smallest absolute Gasteiger partial charge is 0.269 e. The van der Waals surface area contributed by atoms with E-state index in [0.29, 0.717) is 18.7 Å². The lowest BCUT2D eigenvalue weighted by atomic mass is 10.1. The standard InChI is InChI=1S/C21H28N4O2/c1-5-25(18-9-6-8-16(2)14-18)21(27)17-10-12-22-19(15-17)20(26)23-11-7-13-24(3)4/h6,8-10,12,14-15H,5,7,11,13H2,1-4H3,(H,23,26). The quantitative estimate of drug-likeness (QED) is 0.728. The molecule has 0 saturated carbocycles. The number of aromatic nitrogens is 1. The van der Waals surface area contributed by atoms with E-state index in [1.54, 1.807) is 17.0 Å². The van der Waals surface area contributed by atoms with Crippen LogP contribution in [0.15, 0.2) is 42.6 Å². The van der Waals surface area contributed by atoms with Crippen molar-refractivity contribution in [1.82, 2.24) is 15.2 Å². The molecule has 0 bridgehead atoms. The zero-order valence-electron chi connectivity index (χ0n) is 16.5. The molecule has 0 aliphatic rings. The number of hydrogen-bond acceptors (Lipinski definition) is 4. The average molecular weight is 368 g/mol. The zero-order valence-corrected chi connectivity index (χ0v) is 16.5. The molecular formula is C21H28N4O2. The minimum Gasteiger partial charge on any atom is -0.351 e. The third-order valence-electron chi connectivity index (χ3n) is 4.18. The van der Waals surface area contributed by atoms with Gasteiger partial charge in [0.15, 0.2) is 0 Å². The number of nitrogens with one attached hydrogen (secondary N) is 1. The molecular weight excluding hydrogens is 340 g/mol.